The molecular formula is C18H15F3N4O4. The van der Waals surface area contributed by atoms with Crippen molar-refractivity contribution in [1.82, 2.24) is 20.0 Å². The highest BCUT2D eigenvalue weighted by Crippen LogP contribution is 2.32. The van der Waals surface area contributed by atoms with Gasteiger partial charge in [-0.2, -0.15) is 13.2 Å². The van der Waals surface area contributed by atoms with Crippen molar-refractivity contribution in [3.05, 3.63) is 47.2 Å². The van der Waals surface area contributed by atoms with Gasteiger partial charge in [0, 0.05) is 19.0 Å². The molecule has 0 unspecified atom stereocenters. The van der Waals surface area contributed by atoms with E-state index < -0.39 is 29.8 Å². The zero-order valence-corrected chi connectivity index (χ0v) is 15.0. The first-order valence-electron chi connectivity index (χ1n) is 8.89. The first-order chi connectivity index (χ1) is 13.8. The smallest absolute Gasteiger partial charge is 0.417 e. The maximum atomic E-state index is 12.6. The molecule has 0 radical (unpaired) electrons. The van der Waals surface area contributed by atoms with Crippen molar-refractivity contribution in [1.29, 1.82) is 0 Å². The van der Waals surface area contributed by atoms with Crippen molar-refractivity contribution < 1.29 is 32.0 Å². The molecule has 0 N–H and O–H groups in total. The van der Waals surface area contributed by atoms with E-state index in [1.807, 2.05) is 0 Å². The quantitative estimate of drug-likeness (QED) is 0.722. The second-order valence-electron chi connectivity index (χ2n) is 6.84. The number of nitrogens with zero attached hydrogens (tertiary/aromatic N) is 4. The Bertz CT molecular complexity index is 944. The topological polar surface area (TPSA) is 96.6 Å². The zero-order valence-electron chi connectivity index (χ0n) is 15.0. The summed E-state index contributed by atoms with van der Waals surface area (Å²) in [6.07, 6.45) is -4.02. The van der Waals surface area contributed by atoms with Gasteiger partial charge in [-0.15, -0.1) is 10.2 Å². The van der Waals surface area contributed by atoms with Crippen molar-refractivity contribution in [2.75, 3.05) is 19.6 Å². The third kappa shape index (κ3) is 3.47. The van der Waals surface area contributed by atoms with Gasteiger partial charge >= 0.3 is 12.1 Å². The van der Waals surface area contributed by atoms with Gasteiger partial charge in [0.15, 0.2) is 0 Å². The Labute approximate surface area is 162 Å². The number of carbonyl (C=O) groups excluding carboxylic acids is 3. The molecule has 3 heterocycles. The summed E-state index contributed by atoms with van der Waals surface area (Å²) in [5.41, 5.74) is 0.529. The Morgan fingerprint density at radius 2 is 1.66 bits per heavy atom. The second-order valence-corrected chi connectivity index (χ2v) is 6.84. The molecule has 0 atom stereocenters. The summed E-state index contributed by atoms with van der Waals surface area (Å²) in [4.78, 5) is 39.7. The van der Waals surface area contributed by atoms with E-state index in [2.05, 4.69) is 10.2 Å². The fourth-order valence-corrected chi connectivity index (χ4v) is 3.51. The first kappa shape index (κ1) is 19.1. The summed E-state index contributed by atoms with van der Waals surface area (Å²) in [7, 11) is 0. The standard InChI is InChI=1S/C18H15F3N4O4/c19-18(20,21)17-23-22-14(29-17)10-5-7-24(8-6-10)13(26)9-25-15(27)11-3-1-2-4-12(11)16(25)28/h1-4,10H,5-9H2. The SMILES string of the molecule is O=C(CN1C(=O)c2ccccc2C1=O)N1CCC(c2nnc(C(F)(F)F)o2)CC1. The van der Waals surface area contributed by atoms with Crippen LogP contribution in [0.2, 0.25) is 0 Å². The number of hydrogen-bond donors (Lipinski definition) is 0. The zero-order chi connectivity index (χ0) is 20.8. The van der Waals surface area contributed by atoms with Gasteiger partial charge in [0.25, 0.3) is 11.8 Å². The summed E-state index contributed by atoms with van der Waals surface area (Å²) in [6, 6.07) is 6.35. The molecular weight excluding hydrogens is 393 g/mol. The third-order valence-electron chi connectivity index (χ3n) is 5.05. The van der Waals surface area contributed by atoms with E-state index in [1.165, 1.54) is 17.0 Å². The van der Waals surface area contributed by atoms with Gasteiger partial charge in [-0.25, -0.2) is 0 Å². The van der Waals surface area contributed by atoms with Crippen LogP contribution in [0.15, 0.2) is 28.7 Å². The molecule has 2 aliphatic heterocycles. The fraction of sp³-hybridized carbons (Fsp3) is 0.389. The van der Waals surface area contributed by atoms with E-state index in [4.69, 9.17) is 4.42 Å². The molecule has 4 rings (SSSR count). The molecule has 3 amide bonds. The van der Waals surface area contributed by atoms with Gasteiger partial charge in [-0.1, -0.05) is 12.1 Å². The molecule has 1 fully saturated rings. The highest BCUT2D eigenvalue weighted by molar-refractivity contribution is 6.22. The minimum absolute atomic E-state index is 0.107. The lowest BCUT2D eigenvalue weighted by Gasteiger charge is -2.31. The van der Waals surface area contributed by atoms with Gasteiger partial charge < -0.3 is 9.32 Å². The molecule has 2 aromatic rings. The van der Waals surface area contributed by atoms with Crippen molar-refractivity contribution in [2.45, 2.75) is 24.9 Å². The van der Waals surface area contributed by atoms with Crippen molar-refractivity contribution >= 4 is 17.7 Å². The molecule has 0 saturated carbocycles. The molecule has 1 aromatic carbocycles. The number of benzene rings is 1. The molecule has 11 heteroatoms. The lowest BCUT2D eigenvalue weighted by Crippen LogP contribution is -2.45. The Hall–Kier alpha value is -3.24. The number of amides is 3. The van der Waals surface area contributed by atoms with E-state index in [9.17, 15) is 27.6 Å². The van der Waals surface area contributed by atoms with Crippen molar-refractivity contribution in [3.8, 4) is 0 Å². The first-order valence-corrected chi connectivity index (χ1v) is 8.89. The lowest BCUT2D eigenvalue weighted by atomic mass is 9.97. The number of likely N-dealkylation sites (tertiary alicyclic amines) is 1. The number of fused-ring (bicyclic) bond motifs is 1. The van der Waals surface area contributed by atoms with E-state index in [1.54, 1.807) is 12.1 Å². The van der Waals surface area contributed by atoms with Crippen LogP contribution in [0.1, 0.15) is 51.3 Å². The van der Waals surface area contributed by atoms with Crippen LogP contribution in [0.3, 0.4) is 0 Å². The van der Waals surface area contributed by atoms with Gasteiger partial charge in [-0.3, -0.25) is 19.3 Å². The molecule has 152 valence electrons. The number of rotatable bonds is 3. The van der Waals surface area contributed by atoms with E-state index >= 15 is 0 Å². The van der Waals surface area contributed by atoms with Crippen LogP contribution < -0.4 is 0 Å². The largest absolute Gasteiger partial charge is 0.470 e. The summed E-state index contributed by atoms with van der Waals surface area (Å²) in [5, 5.41) is 6.48. The third-order valence-corrected chi connectivity index (χ3v) is 5.05. The molecule has 1 aromatic heterocycles. The van der Waals surface area contributed by atoms with Crippen molar-refractivity contribution in [2.24, 2.45) is 0 Å². The minimum atomic E-state index is -4.70. The van der Waals surface area contributed by atoms with E-state index in [0.717, 1.165) is 4.90 Å². The molecule has 8 nitrogen and oxygen atoms in total. The molecule has 0 bridgehead atoms. The average Bonchev–Trinajstić information content (AvgIpc) is 3.29. The number of imide groups is 1. The van der Waals surface area contributed by atoms with E-state index in [0.29, 0.717) is 12.8 Å². The Morgan fingerprint density at radius 3 is 2.17 bits per heavy atom. The normalized spacial score (nSPS) is 17.8. The van der Waals surface area contributed by atoms with Crippen LogP contribution in [0.25, 0.3) is 0 Å². The van der Waals surface area contributed by atoms with Crippen LogP contribution in [0, 0.1) is 0 Å². The predicted octanol–water partition coefficient (Wildman–Crippen LogP) is 2.09. The summed E-state index contributed by atoms with van der Waals surface area (Å²) in [5.74, 6) is -3.32. The number of alkyl halides is 3. The molecule has 29 heavy (non-hydrogen) atoms. The number of halogens is 3. The van der Waals surface area contributed by atoms with Crippen LogP contribution in [-0.4, -0.2) is 57.4 Å². The minimum Gasteiger partial charge on any atom is -0.417 e. The highest BCUT2D eigenvalue weighted by atomic mass is 19.4. The van der Waals surface area contributed by atoms with Crippen LogP contribution >= 0.6 is 0 Å². The molecule has 0 spiro atoms. The number of carbonyl (C=O) groups is 3. The molecule has 1 saturated heterocycles. The number of piperidine rings is 1. The van der Waals surface area contributed by atoms with Gasteiger partial charge in [-0.05, 0) is 25.0 Å². The monoisotopic (exact) mass is 408 g/mol. The Morgan fingerprint density at radius 1 is 1.07 bits per heavy atom. The maximum absolute atomic E-state index is 12.6. The summed E-state index contributed by atoms with van der Waals surface area (Å²) in [6.45, 7) is 0.114. The van der Waals surface area contributed by atoms with Crippen LogP contribution in [0.4, 0.5) is 13.2 Å². The predicted molar refractivity (Wildman–Crippen MR) is 89.7 cm³/mol. The molecule has 2 aliphatic rings. The summed E-state index contributed by atoms with van der Waals surface area (Å²) < 4.78 is 42.5. The fourth-order valence-electron chi connectivity index (χ4n) is 3.51. The van der Waals surface area contributed by atoms with Crippen LogP contribution in [-0.2, 0) is 11.0 Å². The van der Waals surface area contributed by atoms with Crippen LogP contribution in [0.5, 0.6) is 0 Å². The molecule has 0 aliphatic carbocycles. The maximum Gasteiger partial charge on any atom is 0.470 e. The van der Waals surface area contributed by atoms with Gasteiger partial charge in [0.2, 0.25) is 11.8 Å². The second kappa shape index (κ2) is 6.98. The highest BCUT2D eigenvalue weighted by Gasteiger charge is 2.40. The number of aromatic nitrogens is 2. The van der Waals surface area contributed by atoms with Crippen molar-refractivity contribution in [3.63, 3.8) is 0 Å². The van der Waals surface area contributed by atoms with E-state index in [-0.39, 0.29) is 42.6 Å². The Balaban J connectivity index is 1.36. The lowest BCUT2D eigenvalue weighted by molar-refractivity contribution is -0.157. The number of hydrogen-bond acceptors (Lipinski definition) is 6. The van der Waals surface area contributed by atoms with Gasteiger partial charge in [0.05, 0.1) is 11.1 Å². The summed E-state index contributed by atoms with van der Waals surface area (Å²) >= 11 is 0. The van der Waals surface area contributed by atoms with Gasteiger partial charge in [0.1, 0.15) is 6.54 Å². The Kier molecular flexibility index (Phi) is 4.59. The average molecular weight is 408 g/mol.